The molecule has 0 atom stereocenters. The molecular formula is NiO6P2-2. The van der Waals surface area contributed by atoms with Crippen molar-refractivity contribution in [3.05, 3.63) is 0 Å². The summed E-state index contributed by atoms with van der Waals surface area (Å²) in [5, 5.41) is 0. The molecule has 0 aliphatic rings. The van der Waals surface area contributed by atoms with Crippen LogP contribution < -0.4 is 19.6 Å². The molecule has 0 aromatic rings. The average molecular weight is 217 g/mol. The zero-order chi connectivity index (χ0) is 7.15. The van der Waals surface area contributed by atoms with Crippen molar-refractivity contribution in [1.29, 1.82) is 0 Å². The van der Waals surface area contributed by atoms with Gasteiger partial charge in [-0.3, -0.25) is 0 Å². The van der Waals surface area contributed by atoms with E-state index in [-0.39, 0.29) is 16.5 Å². The summed E-state index contributed by atoms with van der Waals surface area (Å²) in [6.07, 6.45) is 0. The van der Waals surface area contributed by atoms with Gasteiger partial charge in [-0.15, -0.1) is 0 Å². The summed E-state index contributed by atoms with van der Waals surface area (Å²) in [6.45, 7) is 0. The zero-order valence-corrected chi connectivity index (χ0v) is 6.44. The summed E-state index contributed by atoms with van der Waals surface area (Å²) in [7, 11) is -6.74. The second kappa shape index (κ2) is 11.3. The Hall–Kier alpha value is 0.534. The molecule has 0 aliphatic heterocycles. The standard InChI is InChI=1S/Ni.2HO3P/c;2*1-4(2)3/h;2*(H,1,2,3)/p-2. The normalized spacial score (nSPS) is 5.78. The van der Waals surface area contributed by atoms with Crippen molar-refractivity contribution in [3.8, 4) is 0 Å². The number of hydrogen-bond acceptors (Lipinski definition) is 6. The van der Waals surface area contributed by atoms with Crippen molar-refractivity contribution in [2.45, 2.75) is 0 Å². The van der Waals surface area contributed by atoms with Crippen molar-refractivity contribution in [3.63, 3.8) is 0 Å². The average Bonchev–Trinajstić information content (AvgIpc) is 1.25. The maximum Gasteiger partial charge on any atom is 0.276 e. The van der Waals surface area contributed by atoms with Crippen LogP contribution >= 0.6 is 16.5 Å². The molecule has 0 aromatic carbocycles. The third-order valence-corrected chi connectivity index (χ3v) is 0. The number of hydrogen-bond donors (Lipinski definition) is 0. The van der Waals surface area contributed by atoms with E-state index < -0.39 is 16.5 Å². The Labute approximate surface area is 62.4 Å². The van der Waals surface area contributed by atoms with E-state index in [1.54, 1.807) is 0 Å². The van der Waals surface area contributed by atoms with E-state index in [1.807, 2.05) is 0 Å². The first-order valence-electron chi connectivity index (χ1n) is 1.10. The molecular weight excluding hydrogens is 217 g/mol. The van der Waals surface area contributed by atoms with Gasteiger partial charge in [-0.1, -0.05) is 9.13 Å². The minimum absolute atomic E-state index is 0. The second-order valence-electron chi connectivity index (χ2n) is 0.447. The Morgan fingerprint density at radius 2 is 0.778 bits per heavy atom. The smallest absolute Gasteiger partial charge is 0.276 e. The fourth-order valence-corrected chi connectivity index (χ4v) is 0. The molecule has 6 nitrogen and oxygen atoms in total. The van der Waals surface area contributed by atoms with Gasteiger partial charge in [0.2, 0.25) is 0 Å². The van der Waals surface area contributed by atoms with Gasteiger partial charge < -0.3 is 19.6 Å². The summed E-state index contributed by atoms with van der Waals surface area (Å²) in [5.74, 6) is 0. The second-order valence-corrected chi connectivity index (χ2v) is 1.34. The third-order valence-electron chi connectivity index (χ3n) is 0. The van der Waals surface area contributed by atoms with Gasteiger partial charge in [0.1, 0.15) is 0 Å². The maximum atomic E-state index is 8.48. The fourth-order valence-electron chi connectivity index (χ4n) is 0. The van der Waals surface area contributed by atoms with Crippen LogP contribution in [0.4, 0.5) is 0 Å². The van der Waals surface area contributed by atoms with Crippen LogP contribution in [-0.2, 0) is 25.6 Å². The van der Waals surface area contributed by atoms with Gasteiger partial charge in [0, 0.05) is 16.5 Å². The Bertz CT molecular complexity index is 69.1. The molecule has 9 heavy (non-hydrogen) atoms. The van der Waals surface area contributed by atoms with Gasteiger partial charge in [-0.25, -0.2) is 0 Å². The minimum atomic E-state index is -3.37. The first kappa shape index (κ1) is 16.3. The monoisotopic (exact) mass is 216 g/mol. The zero-order valence-electron chi connectivity index (χ0n) is 3.66. The van der Waals surface area contributed by atoms with Crippen LogP contribution in [0.2, 0.25) is 0 Å². The fraction of sp³-hybridized carbons (Fsp3) is 0. The van der Waals surface area contributed by atoms with Crippen LogP contribution in [0.25, 0.3) is 0 Å². The molecule has 0 aliphatic carbocycles. The maximum absolute atomic E-state index is 8.48. The van der Waals surface area contributed by atoms with Crippen LogP contribution in [0.3, 0.4) is 0 Å². The van der Waals surface area contributed by atoms with E-state index >= 15 is 0 Å². The Morgan fingerprint density at radius 1 is 0.778 bits per heavy atom. The molecule has 0 rings (SSSR count). The Morgan fingerprint density at radius 3 is 0.778 bits per heavy atom. The van der Waals surface area contributed by atoms with E-state index in [0.29, 0.717) is 0 Å². The van der Waals surface area contributed by atoms with Crippen molar-refractivity contribution in [1.82, 2.24) is 0 Å². The molecule has 0 N–H and O–H groups in total. The van der Waals surface area contributed by atoms with Gasteiger partial charge in [-0.2, -0.15) is 0 Å². The van der Waals surface area contributed by atoms with Crippen molar-refractivity contribution < 1.29 is 45.2 Å². The molecule has 0 bridgehead atoms. The van der Waals surface area contributed by atoms with E-state index in [1.165, 1.54) is 0 Å². The van der Waals surface area contributed by atoms with Crippen LogP contribution in [0.1, 0.15) is 0 Å². The molecule has 0 heterocycles. The first-order chi connectivity index (χ1) is 3.46. The predicted molar refractivity (Wildman–Crippen MR) is 15.2 cm³/mol. The molecule has 0 aromatic heterocycles. The molecule has 0 saturated heterocycles. The van der Waals surface area contributed by atoms with Crippen molar-refractivity contribution >= 4 is 16.5 Å². The molecule has 0 radical (unpaired) electrons. The summed E-state index contributed by atoms with van der Waals surface area (Å²) in [5.41, 5.74) is 0. The molecule has 0 amide bonds. The topological polar surface area (TPSA) is 126 Å². The first-order valence-corrected chi connectivity index (χ1v) is 3.29. The van der Waals surface area contributed by atoms with Crippen LogP contribution in [0.5, 0.6) is 0 Å². The molecule has 0 spiro atoms. The van der Waals surface area contributed by atoms with E-state index in [9.17, 15) is 0 Å². The van der Waals surface area contributed by atoms with Gasteiger partial charge in [0.05, 0.1) is 0 Å². The van der Waals surface area contributed by atoms with Crippen molar-refractivity contribution in [2.75, 3.05) is 0 Å². The van der Waals surface area contributed by atoms with E-state index in [2.05, 4.69) is 0 Å². The van der Waals surface area contributed by atoms with Crippen LogP contribution in [-0.4, -0.2) is 0 Å². The molecule has 58 valence electrons. The minimum Gasteiger partial charge on any atom is -0.598 e. The summed E-state index contributed by atoms with van der Waals surface area (Å²) in [6, 6.07) is 0. The number of rotatable bonds is 0. The molecule has 9 heteroatoms. The summed E-state index contributed by atoms with van der Waals surface area (Å²) < 4.78 is 17.0. The summed E-state index contributed by atoms with van der Waals surface area (Å²) >= 11 is 0. The quantitative estimate of drug-likeness (QED) is 0.309. The van der Waals surface area contributed by atoms with Gasteiger partial charge >= 0.3 is 0 Å². The van der Waals surface area contributed by atoms with Gasteiger partial charge in [0.25, 0.3) is 16.5 Å². The largest absolute Gasteiger partial charge is 0.598 e. The molecule has 0 unspecified atom stereocenters. The van der Waals surface area contributed by atoms with Crippen LogP contribution in [0.15, 0.2) is 0 Å². The summed E-state index contributed by atoms with van der Waals surface area (Å²) in [4.78, 5) is 33.9. The van der Waals surface area contributed by atoms with E-state index in [0.717, 1.165) is 0 Å². The third kappa shape index (κ3) is 1280. The molecule has 0 saturated carbocycles. The van der Waals surface area contributed by atoms with E-state index in [4.69, 9.17) is 28.7 Å². The Kier molecular flexibility index (Phi) is 20.5. The van der Waals surface area contributed by atoms with Gasteiger partial charge in [0.15, 0.2) is 0 Å². The molecule has 0 fully saturated rings. The van der Waals surface area contributed by atoms with Crippen LogP contribution in [0, 0.1) is 0 Å². The Balaban J connectivity index is -0.0000000720. The predicted octanol–water partition coefficient (Wildman–Crippen LogP) is -3.27. The van der Waals surface area contributed by atoms with Gasteiger partial charge in [-0.05, 0) is 0 Å². The SMILES string of the molecule is O=[P+]([O-])[O-].O=[P+]([O-])[O-].[Ni]. The van der Waals surface area contributed by atoms with Crippen molar-refractivity contribution in [2.24, 2.45) is 0 Å².